The first-order chi connectivity index (χ1) is 20.6. The minimum absolute atomic E-state index is 0.0417. The Kier molecular flexibility index (Phi) is 7.23. The summed E-state index contributed by atoms with van der Waals surface area (Å²) in [5.74, 6) is 1.77. The number of ether oxygens (including phenoxy) is 2. The van der Waals surface area contributed by atoms with Crippen LogP contribution in [-0.4, -0.2) is 19.3 Å². The number of hydrogen-bond acceptors (Lipinski definition) is 3. The molecule has 0 fully saturated rings. The average molecular weight is 567 g/mol. The van der Waals surface area contributed by atoms with Crippen molar-refractivity contribution in [2.45, 2.75) is 38.7 Å². The van der Waals surface area contributed by atoms with Crippen molar-refractivity contribution in [1.82, 2.24) is 0 Å². The zero-order valence-corrected chi connectivity index (χ0v) is 25.7. The van der Waals surface area contributed by atoms with Crippen LogP contribution in [0.1, 0.15) is 44.4 Å². The summed E-state index contributed by atoms with van der Waals surface area (Å²) < 4.78 is 10.6. The van der Waals surface area contributed by atoms with E-state index in [-0.39, 0.29) is 5.41 Å². The third kappa shape index (κ3) is 5.15. The second-order valence-corrected chi connectivity index (χ2v) is 12.3. The Balaban J connectivity index is 0.000000153. The van der Waals surface area contributed by atoms with E-state index in [2.05, 4.69) is 98.8 Å². The van der Waals surface area contributed by atoms with Gasteiger partial charge in [0.05, 0.1) is 19.8 Å². The van der Waals surface area contributed by atoms with Crippen molar-refractivity contribution in [1.29, 1.82) is 0 Å². The minimum atomic E-state index is -0.870. The summed E-state index contributed by atoms with van der Waals surface area (Å²) in [5, 5.41) is 15.3. The Labute approximate surface area is 254 Å². The van der Waals surface area contributed by atoms with Gasteiger partial charge in [0.25, 0.3) is 0 Å². The number of rotatable bonds is 4. The molecule has 0 saturated carbocycles. The van der Waals surface area contributed by atoms with Gasteiger partial charge in [-0.2, -0.15) is 0 Å². The highest BCUT2D eigenvalue weighted by atomic mass is 16.5. The third-order valence-corrected chi connectivity index (χ3v) is 8.69. The van der Waals surface area contributed by atoms with Crippen molar-refractivity contribution in [2.24, 2.45) is 0 Å². The second-order valence-electron chi connectivity index (χ2n) is 12.3. The van der Waals surface area contributed by atoms with E-state index in [0.29, 0.717) is 0 Å². The van der Waals surface area contributed by atoms with Gasteiger partial charge in [0.15, 0.2) is 0 Å². The van der Waals surface area contributed by atoms with Gasteiger partial charge in [0.1, 0.15) is 11.5 Å². The van der Waals surface area contributed by atoms with Crippen LogP contribution in [0, 0.1) is 0 Å². The minimum Gasteiger partial charge on any atom is -0.497 e. The predicted molar refractivity (Wildman–Crippen MR) is 179 cm³/mol. The van der Waals surface area contributed by atoms with Gasteiger partial charge in [0.2, 0.25) is 0 Å². The zero-order valence-electron chi connectivity index (χ0n) is 25.7. The van der Waals surface area contributed by atoms with Crippen molar-refractivity contribution >= 4 is 21.5 Å². The largest absolute Gasteiger partial charge is 0.497 e. The van der Waals surface area contributed by atoms with Gasteiger partial charge >= 0.3 is 0 Å². The molecule has 3 nitrogen and oxygen atoms in total. The molecule has 43 heavy (non-hydrogen) atoms. The van der Waals surface area contributed by atoms with Gasteiger partial charge in [0, 0.05) is 5.41 Å². The quantitative estimate of drug-likeness (QED) is 0.231. The van der Waals surface area contributed by atoms with Crippen LogP contribution < -0.4 is 9.47 Å². The van der Waals surface area contributed by atoms with Gasteiger partial charge < -0.3 is 14.6 Å². The fourth-order valence-corrected chi connectivity index (χ4v) is 6.52. The molecule has 0 radical (unpaired) electrons. The molecule has 0 amide bonds. The molecule has 0 spiro atoms. The number of hydrogen-bond donors (Lipinski definition) is 1. The predicted octanol–water partition coefficient (Wildman–Crippen LogP) is 9.90. The Hall–Kier alpha value is -4.60. The van der Waals surface area contributed by atoms with E-state index < -0.39 is 5.60 Å². The number of benzene rings is 6. The highest BCUT2D eigenvalue weighted by Gasteiger charge is 2.36. The van der Waals surface area contributed by atoms with Crippen molar-refractivity contribution in [3.8, 4) is 33.8 Å². The molecular formula is C40H38O3. The van der Waals surface area contributed by atoms with E-state index in [9.17, 15) is 5.11 Å². The molecule has 3 heteroatoms. The lowest BCUT2D eigenvalue weighted by Crippen LogP contribution is -2.16. The number of aliphatic hydroxyl groups is 1. The first-order valence-electron chi connectivity index (χ1n) is 14.7. The van der Waals surface area contributed by atoms with Crippen molar-refractivity contribution < 1.29 is 14.6 Å². The molecule has 0 atom stereocenters. The Morgan fingerprint density at radius 1 is 0.581 bits per heavy atom. The maximum Gasteiger partial charge on any atom is 0.119 e. The van der Waals surface area contributed by atoms with Crippen LogP contribution in [0.25, 0.3) is 43.8 Å². The van der Waals surface area contributed by atoms with E-state index in [1.807, 2.05) is 44.2 Å². The van der Waals surface area contributed by atoms with Crippen LogP contribution >= 0.6 is 0 Å². The average Bonchev–Trinajstić information content (AvgIpc) is 3.26. The van der Waals surface area contributed by atoms with Gasteiger partial charge in [-0.15, -0.1) is 0 Å². The molecule has 6 aromatic rings. The molecule has 0 aliphatic heterocycles. The monoisotopic (exact) mass is 566 g/mol. The fourth-order valence-electron chi connectivity index (χ4n) is 6.52. The van der Waals surface area contributed by atoms with Crippen molar-refractivity contribution in [3.63, 3.8) is 0 Å². The summed E-state index contributed by atoms with van der Waals surface area (Å²) in [5.41, 5.74) is 7.87. The molecule has 6 aromatic carbocycles. The molecule has 0 saturated heterocycles. The Morgan fingerprint density at radius 3 is 1.88 bits per heavy atom. The van der Waals surface area contributed by atoms with E-state index in [0.717, 1.165) is 39.0 Å². The summed E-state index contributed by atoms with van der Waals surface area (Å²) in [6.07, 6.45) is 0. The topological polar surface area (TPSA) is 38.7 Å². The number of methoxy groups -OCH3 is 2. The van der Waals surface area contributed by atoms with E-state index in [4.69, 9.17) is 9.47 Å². The van der Waals surface area contributed by atoms with Crippen LogP contribution in [0.4, 0.5) is 0 Å². The zero-order chi connectivity index (χ0) is 30.4. The fraction of sp³-hybridized carbons (Fsp3) is 0.200. The summed E-state index contributed by atoms with van der Waals surface area (Å²) >= 11 is 0. The highest BCUT2D eigenvalue weighted by Crippen LogP contribution is 2.51. The highest BCUT2D eigenvalue weighted by molar-refractivity contribution is 5.98. The molecule has 0 unspecified atom stereocenters. The van der Waals surface area contributed by atoms with E-state index in [1.165, 1.54) is 33.0 Å². The lowest BCUT2D eigenvalue weighted by atomic mass is 9.80. The SMILES string of the molecule is COc1ccc2c3c(ccc2c1)-c1ccccc1C3(C)C.COc1ccc2cc(-c3ccccc3C(C)(C)O)ccc2c1. The van der Waals surface area contributed by atoms with Crippen LogP contribution in [0.3, 0.4) is 0 Å². The maximum atomic E-state index is 10.4. The smallest absolute Gasteiger partial charge is 0.119 e. The third-order valence-electron chi connectivity index (χ3n) is 8.69. The summed E-state index contributed by atoms with van der Waals surface area (Å²) in [4.78, 5) is 0. The maximum absolute atomic E-state index is 10.4. The molecule has 0 heterocycles. The van der Waals surface area contributed by atoms with Crippen molar-refractivity contribution in [2.75, 3.05) is 14.2 Å². The number of fused-ring (bicyclic) bond motifs is 6. The molecule has 0 bridgehead atoms. The van der Waals surface area contributed by atoms with Crippen molar-refractivity contribution in [3.05, 3.63) is 132 Å². The van der Waals surface area contributed by atoms with E-state index >= 15 is 0 Å². The van der Waals surface area contributed by atoms with E-state index in [1.54, 1.807) is 14.2 Å². The van der Waals surface area contributed by atoms with Gasteiger partial charge in [-0.1, -0.05) is 98.8 Å². The summed E-state index contributed by atoms with van der Waals surface area (Å²) in [6.45, 7) is 8.28. The van der Waals surface area contributed by atoms with Gasteiger partial charge in [-0.05, 0) is 105 Å². The first-order valence-corrected chi connectivity index (χ1v) is 14.7. The molecular weight excluding hydrogens is 528 g/mol. The standard InChI is InChI=1S/C20H20O2.C20H18O/c1-20(2,21)19-7-5-4-6-18(19)16-9-8-15-13-17(22-3)11-10-14(15)12-16;1-20(2)18-7-5-4-6-16(18)17-10-8-13-12-14(21-3)9-11-15(13)19(17)20/h4-13,21H,1-3H3;4-12H,1-3H3. The summed E-state index contributed by atoms with van der Waals surface area (Å²) in [7, 11) is 3.39. The molecule has 7 rings (SSSR count). The first kappa shape index (κ1) is 28.5. The lowest BCUT2D eigenvalue weighted by Gasteiger charge is -2.23. The molecule has 0 aromatic heterocycles. The molecule has 1 N–H and O–H groups in total. The van der Waals surface area contributed by atoms with Crippen LogP contribution in [0.15, 0.2) is 115 Å². The Morgan fingerprint density at radius 2 is 1.16 bits per heavy atom. The second kappa shape index (κ2) is 10.9. The Bertz CT molecular complexity index is 1960. The van der Waals surface area contributed by atoms with Crippen LogP contribution in [0.5, 0.6) is 11.5 Å². The van der Waals surface area contributed by atoms with Crippen LogP contribution in [0.2, 0.25) is 0 Å². The van der Waals surface area contributed by atoms with Crippen LogP contribution in [-0.2, 0) is 11.0 Å². The molecule has 1 aliphatic rings. The lowest BCUT2D eigenvalue weighted by molar-refractivity contribution is 0.0792. The van der Waals surface area contributed by atoms with Gasteiger partial charge in [-0.3, -0.25) is 0 Å². The normalized spacial score (nSPS) is 13.2. The summed E-state index contributed by atoms with van der Waals surface area (Å²) in [6, 6.07) is 40.0. The van der Waals surface area contributed by atoms with Gasteiger partial charge in [-0.25, -0.2) is 0 Å². The molecule has 216 valence electrons. The molecule has 1 aliphatic carbocycles.